The number of benzene rings is 1. The van der Waals surface area contributed by atoms with E-state index in [1.807, 2.05) is 0 Å². The zero-order chi connectivity index (χ0) is 8.97. The summed E-state index contributed by atoms with van der Waals surface area (Å²) in [5, 5.41) is 3.39. The molecule has 1 nitrogen and oxygen atoms in total. The molecule has 12 heavy (non-hydrogen) atoms. The highest BCUT2D eigenvalue weighted by molar-refractivity contribution is 5.24. The average molecular weight is 163 g/mol. The standard InChI is InChI=1S/C11H17N/c1-4-12-10(3)11-7-5-6-9(2)8-11/h5-8,10,12H,4H2,1-3H3. The molecular formula is C11H17N. The van der Waals surface area contributed by atoms with Gasteiger partial charge < -0.3 is 5.32 Å². The molecule has 0 saturated heterocycles. The summed E-state index contributed by atoms with van der Waals surface area (Å²) in [6.07, 6.45) is 0. The fourth-order valence-electron chi connectivity index (χ4n) is 1.36. The van der Waals surface area contributed by atoms with Gasteiger partial charge in [-0.25, -0.2) is 0 Å². The third-order valence-corrected chi connectivity index (χ3v) is 2.05. The minimum atomic E-state index is 0.467. The fraction of sp³-hybridized carbons (Fsp3) is 0.455. The SMILES string of the molecule is CCNC(C)c1cccc(C)c1. The molecule has 66 valence electrons. The zero-order valence-electron chi connectivity index (χ0n) is 8.09. The third-order valence-electron chi connectivity index (χ3n) is 2.05. The minimum absolute atomic E-state index is 0.467. The van der Waals surface area contributed by atoms with Gasteiger partial charge in [-0.05, 0) is 26.0 Å². The molecule has 1 aromatic rings. The molecule has 1 atom stereocenters. The van der Waals surface area contributed by atoms with Crippen LogP contribution in [0, 0.1) is 6.92 Å². The van der Waals surface area contributed by atoms with Gasteiger partial charge in [-0.2, -0.15) is 0 Å². The van der Waals surface area contributed by atoms with Crippen molar-refractivity contribution in [1.29, 1.82) is 0 Å². The summed E-state index contributed by atoms with van der Waals surface area (Å²) in [4.78, 5) is 0. The molecule has 1 heteroatoms. The quantitative estimate of drug-likeness (QED) is 0.722. The Morgan fingerprint density at radius 3 is 2.75 bits per heavy atom. The van der Waals surface area contributed by atoms with Crippen molar-refractivity contribution in [2.75, 3.05) is 6.54 Å². The van der Waals surface area contributed by atoms with E-state index in [1.54, 1.807) is 0 Å². The maximum Gasteiger partial charge on any atom is 0.0291 e. The van der Waals surface area contributed by atoms with E-state index in [-0.39, 0.29) is 0 Å². The van der Waals surface area contributed by atoms with Crippen molar-refractivity contribution in [3.63, 3.8) is 0 Å². The summed E-state index contributed by atoms with van der Waals surface area (Å²) < 4.78 is 0. The number of hydrogen-bond donors (Lipinski definition) is 1. The van der Waals surface area contributed by atoms with E-state index in [0.717, 1.165) is 6.54 Å². The van der Waals surface area contributed by atoms with Gasteiger partial charge in [0, 0.05) is 6.04 Å². The van der Waals surface area contributed by atoms with Gasteiger partial charge in [0.1, 0.15) is 0 Å². The Morgan fingerprint density at radius 1 is 1.42 bits per heavy atom. The van der Waals surface area contributed by atoms with Gasteiger partial charge in [0.15, 0.2) is 0 Å². The van der Waals surface area contributed by atoms with Gasteiger partial charge >= 0.3 is 0 Å². The average Bonchev–Trinajstić information content (AvgIpc) is 2.05. The lowest BCUT2D eigenvalue weighted by Gasteiger charge is -2.12. The van der Waals surface area contributed by atoms with E-state index in [9.17, 15) is 0 Å². The second-order valence-electron chi connectivity index (χ2n) is 3.19. The molecule has 1 rings (SSSR count). The fourth-order valence-corrected chi connectivity index (χ4v) is 1.36. The van der Waals surface area contributed by atoms with Gasteiger partial charge in [0.25, 0.3) is 0 Å². The van der Waals surface area contributed by atoms with Crippen molar-refractivity contribution in [1.82, 2.24) is 5.32 Å². The molecular weight excluding hydrogens is 146 g/mol. The lowest BCUT2D eigenvalue weighted by atomic mass is 10.1. The maximum absolute atomic E-state index is 3.39. The number of aryl methyl sites for hydroxylation is 1. The van der Waals surface area contributed by atoms with Gasteiger partial charge in [0.2, 0.25) is 0 Å². The van der Waals surface area contributed by atoms with Crippen LogP contribution in [0.25, 0.3) is 0 Å². The molecule has 0 aromatic heterocycles. The van der Waals surface area contributed by atoms with Crippen LogP contribution in [-0.2, 0) is 0 Å². The van der Waals surface area contributed by atoms with Crippen LogP contribution in [0.15, 0.2) is 24.3 Å². The predicted octanol–water partition coefficient (Wildman–Crippen LogP) is 2.67. The highest BCUT2D eigenvalue weighted by Gasteiger charge is 2.01. The molecule has 1 unspecified atom stereocenters. The van der Waals surface area contributed by atoms with E-state index in [0.29, 0.717) is 6.04 Å². The third kappa shape index (κ3) is 2.35. The molecule has 0 aliphatic heterocycles. The van der Waals surface area contributed by atoms with Crippen molar-refractivity contribution in [2.24, 2.45) is 0 Å². The summed E-state index contributed by atoms with van der Waals surface area (Å²) in [5.41, 5.74) is 2.70. The van der Waals surface area contributed by atoms with Crippen LogP contribution < -0.4 is 5.32 Å². The second-order valence-corrected chi connectivity index (χ2v) is 3.19. The summed E-state index contributed by atoms with van der Waals surface area (Å²) >= 11 is 0. The van der Waals surface area contributed by atoms with Crippen LogP contribution in [0.4, 0.5) is 0 Å². The Balaban J connectivity index is 2.73. The highest BCUT2D eigenvalue weighted by atomic mass is 14.9. The molecule has 0 heterocycles. The molecule has 0 radical (unpaired) electrons. The normalized spacial score (nSPS) is 12.9. The summed E-state index contributed by atoms with van der Waals surface area (Å²) in [5.74, 6) is 0. The molecule has 0 amide bonds. The smallest absolute Gasteiger partial charge is 0.0291 e. The summed E-state index contributed by atoms with van der Waals surface area (Å²) in [7, 11) is 0. The van der Waals surface area contributed by atoms with Crippen LogP contribution >= 0.6 is 0 Å². The molecule has 0 aliphatic rings. The van der Waals surface area contributed by atoms with Crippen molar-refractivity contribution < 1.29 is 0 Å². The maximum atomic E-state index is 3.39. The van der Waals surface area contributed by atoms with Crippen molar-refractivity contribution in [2.45, 2.75) is 26.8 Å². The van der Waals surface area contributed by atoms with Crippen molar-refractivity contribution >= 4 is 0 Å². The van der Waals surface area contributed by atoms with Crippen LogP contribution in [0.2, 0.25) is 0 Å². The summed E-state index contributed by atoms with van der Waals surface area (Å²) in [6, 6.07) is 9.10. The first-order valence-corrected chi connectivity index (χ1v) is 4.54. The van der Waals surface area contributed by atoms with E-state index in [4.69, 9.17) is 0 Å². The monoisotopic (exact) mass is 163 g/mol. The molecule has 0 saturated carbocycles. The van der Waals surface area contributed by atoms with E-state index in [1.165, 1.54) is 11.1 Å². The Kier molecular flexibility index (Phi) is 3.30. The largest absolute Gasteiger partial charge is 0.310 e. The Hall–Kier alpha value is -0.820. The Labute approximate surface area is 74.8 Å². The van der Waals surface area contributed by atoms with E-state index >= 15 is 0 Å². The van der Waals surface area contributed by atoms with E-state index < -0.39 is 0 Å². The molecule has 1 N–H and O–H groups in total. The van der Waals surface area contributed by atoms with Crippen LogP contribution in [-0.4, -0.2) is 6.54 Å². The predicted molar refractivity (Wildman–Crippen MR) is 53.3 cm³/mol. The first-order valence-electron chi connectivity index (χ1n) is 4.54. The van der Waals surface area contributed by atoms with Gasteiger partial charge in [-0.1, -0.05) is 36.8 Å². The number of nitrogens with one attached hydrogen (secondary N) is 1. The lowest BCUT2D eigenvalue weighted by molar-refractivity contribution is 0.598. The van der Waals surface area contributed by atoms with Crippen LogP contribution in [0.1, 0.15) is 31.0 Å². The molecule has 0 spiro atoms. The van der Waals surface area contributed by atoms with Gasteiger partial charge in [-0.3, -0.25) is 0 Å². The van der Waals surface area contributed by atoms with Crippen molar-refractivity contribution in [3.05, 3.63) is 35.4 Å². The van der Waals surface area contributed by atoms with Crippen LogP contribution in [0.3, 0.4) is 0 Å². The first-order chi connectivity index (χ1) is 5.74. The molecule has 0 aliphatic carbocycles. The first kappa shape index (κ1) is 9.27. The minimum Gasteiger partial charge on any atom is -0.310 e. The zero-order valence-corrected chi connectivity index (χ0v) is 8.09. The lowest BCUT2D eigenvalue weighted by Crippen LogP contribution is -2.17. The Bertz CT molecular complexity index is 243. The van der Waals surface area contributed by atoms with Crippen molar-refractivity contribution in [3.8, 4) is 0 Å². The molecule has 0 fully saturated rings. The molecule has 0 bridgehead atoms. The van der Waals surface area contributed by atoms with Crippen LogP contribution in [0.5, 0.6) is 0 Å². The number of hydrogen-bond acceptors (Lipinski definition) is 1. The topological polar surface area (TPSA) is 12.0 Å². The summed E-state index contributed by atoms with van der Waals surface area (Å²) in [6.45, 7) is 7.47. The Morgan fingerprint density at radius 2 is 2.17 bits per heavy atom. The molecule has 1 aromatic carbocycles. The van der Waals surface area contributed by atoms with E-state index in [2.05, 4.69) is 50.4 Å². The van der Waals surface area contributed by atoms with Gasteiger partial charge in [0.05, 0.1) is 0 Å². The number of rotatable bonds is 3. The second kappa shape index (κ2) is 4.27. The van der Waals surface area contributed by atoms with Gasteiger partial charge in [-0.15, -0.1) is 0 Å². The highest BCUT2D eigenvalue weighted by Crippen LogP contribution is 2.12.